The Labute approximate surface area is 136 Å². The second-order valence-corrected chi connectivity index (χ2v) is 5.88. The van der Waals surface area contributed by atoms with Crippen molar-refractivity contribution in [2.75, 3.05) is 7.11 Å². The van der Waals surface area contributed by atoms with Crippen molar-refractivity contribution in [3.8, 4) is 11.4 Å². The van der Waals surface area contributed by atoms with Crippen molar-refractivity contribution in [1.82, 2.24) is 9.55 Å². The summed E-state index contributed by atoms with van der Waals surface area (Å²) in [5, 5.41) is 0. The van der Waals surface area contributed by atoms with E-state index in [1.165, 1.54) is 0 Å². The largest absolute Gasteiger partial charge is 0.494 e. The van der Waals surface area contributed by atoms with Gasteiger partial charge in [0.15, 0.2) is 0 Å². The Morgan fingerprint density at radius 2 is 2.10 bits per heavy atom. The number of rotatable bonds is 3. The molecule has 3 nitrogen and oxygen atoms in total. The molecule has 0 amide bonds. The molecule has 3 aromatic rings. The van der Waals surface area contributed by atoms with Crippen molar-refractivity contribution in [2.45, 2.75) is 12.8 Å². The quantitative estimate of drug-likeness (QED) is 0.621. The molecule has 0 N–H and O–H groups in total. The molecule has 1 aromatic heterocycles. The van der Waals surface area contributed by atoms with Crippen LogP contribution in [0.2, 0.25) is 0 Å². The minimum absolute atomic E-state index is 0.340. The molecule has 0 saturated carbocycles. The summed E-state index contributed by atoms with van der Waals surface area (Å²) in [6.45, 7) is 2.06. The first-order valence-electron chi connectivity index (χ1n) is 6.52. The second-order valence-electron chi connectivity index (χ2n) is 4.76. The van der Waals surface area contributed by atoms with Crippen LogP contribution in [0.15, 0.2) is 40.9 Å². The van der Waals surface area contributed by atoms with Gasteiger partial charge >= 0.3 is 0 Å². The molecular weight excluding hydrogens is 352 g/mol. The molecule has 108 valence electrons. The number of methoxy groups -OCH3 is 1. The van der Waals surface area contributed by atoms with Gasteiger partial charge in [-0.25, -0.2) is 4.98 Å². The lowest BCUT2D eigenvalue weighted by Gasteiger charge is -2.10. The van der Waals surface area contributed by atoms with Crippen molar-refractivity contribution in [2.24, 2.45) is 0 Å². The summed E-state index contributed by atoms with van der Waals surface area (Å²) in [7, 11) is 1.65. The minimum atomic E-state index is 0.340. The molecule has 0 aliphatic carbocycles. The third-order valence-corrected chi connectivity index (χ3v) is 4.59. The number of fused-ring (bicyclic) bond motifs is 1. The fraction of sp³-hybridized carbons (Fsp3) is 0.188. The molecule has 0 saturated heterocycles. The molecule has 0 radical (unpaired) electrons. The van der Waals surface area contributed by atoms with Crippen LogP contribution < -0.4 is 4.74 Å². The average Bonchev–Trinajstić information content (AvgIpc) is 2.88. The summed E-state index contributed by atoms with van der Waals surface area (Å²) < 4.78 is 8.55. The predicted molar refractivity (Wildman–Crippen MR) is 89.6 cm³/mol. The molecule has 3 rings (SSSR count). The van der Waals surface area contributed by atoms with E-state index in [0.717, 1.165) is 38.3 Å². The maximum atomic E-state index is 6.09. The van der Waals surface area contributed by atoms with E-state index in [0.29, 0.717) is 5.88 Å². The van der Waals surface area contributed by atoms with E-state index in [1.54, 1.807) is 7.11 Å². The number of nitrogens with zero attached hydrogens (tertiary/aromatic N) is 2. The monoisotopic (exact) mass is 364 g/mol. The summed E-state index contributed by atoms with van der Waals surface area (Å²) in [5.74, 6) is 1.90. The summed E-state index contributed by atoms with van der Waals surface area (Å²) in [6.07, 6.45) is 0. The van der Waals surface area contributed by atoms with Crippen LogP contribution >= 0.6 is 27.5 Å². The van der Waals surface area contributed by atoms with Gasteiger partial charge in [0.1, 0.15) is 17.1 Å². The molecule has 5 heteroatoms. The highest BCUT2D eigenvalue weighted by Crippen LogP contribution is 2.30. The number of benzene rings is 2. The van der Waals surface area contributed by atoms with Gasteiger partial charge in [-0.15, -0.1) is 11.6 Å². The van der Waals surface area contributed by atoms with Crippen LogP contribution in [0.1, 0.15) is 11.4 Å². The van der Waals surface area contributed by atoms with Crippen molar-refractivity contribution < 1.29 is 4.74 Å². The van der Waals surface area contributed by atoms with E-state index < -0.39 is 0 Å². The number of aromatic nitrogens is 2. The van der Waals surface area contributed by atoms with E-state index in [-0.39, 0.29) is 0 Å². The van der Waals surface area contributed by atoms with Gasteiger partial charge in [0.2, 0.25) is 0 Å². The number of ether oxygens (including phenoxy) is 1. The van der Waals surface area contributed by atoms with E-state index in [1.807, 2.05) is 30.3 Å². The van der Waals surface area contributed by atoms with Crippen molar-refractivity contribution in [3.63, 3.8) is 0 Å². The second kappa shape index (κ2) is 5.70. The molecule has 0 bridgehead atoms. The normalized spacial score (nSPS) is 11.0. The van der Waals surface area contributed by atoms with Gasteiger partial charge in [0.05, 0.1) is 18.5 Å². The van der Waals surface area contributed by atoms with Crippen LogP contribution in [0, 0.1) is 6.92 Å². The highest BCUT2D eigenvalue weighted by Gasteiger charge is 2.15. The van der Waals surface area contributed by atoms with E-state index in [4.69, 9.17) is 16.3 Å². The van der Waals surface area contributed by atoms with Crippen LogP contribution in [-0.4, -0.2) is 16.7 Å². The number of para-hydroxylation sites is 1. The van der Waals surface area contributed by atoms with Gasteiger partial charge < -0.3 is 4.74 Å². The summed E-state index contributed by atoms with van der Waals surface area (Å²) in [4.78, 5) is 4.62. The predicted octanol–water partition coefficient (Wildman–Crippen LogP) is 4.84. The van der Waals surface area contributed by atoms with Gasteiger partial charge in [-0.2, -0.15) is 0 Å². The molecular formula is C16H14BrClN2O. The Kier molecular flexibility index (Phi) is 3.91. The van der Waals surface area contributed by atoms with Crippen LogP contribution in [0.25, 0.3) is 16.7 Å². The van der Waals surface area contributed by atoms with Crippen LogP contribution in [-0.2, 0) is 5.88 Å². The molecule has 2 aromatic carbocycles. The van der Waals surface area contributed by atoms with Crippen molar-refractivity contribution in [3.05, 3.63) is 52.3 Å². The number of aryl methyl sites for hydroxylation is 1. The third-order valence-electron chi connectivity index (χ3n) is 3.46. The molecule has 0 atom stereocenters. The standard InChI is InChI=1S/C16H14BrClN2O/c1-10-8-11(6-7-12(10)17)20-13-4-3-5-14(21-2)16(13)19-15(20)9-18/h3-8H,9H2,1-2H3. The van der Waals surface area contributed by atoms with Crippen molar-refractivity contribution in [1.29, 1.82) is 0 Å². The fourth-order valence-corrected chi connectivity index (χ4v) is 2.86. The van der Waals surface area contributed by atoms with E-state index in [9.17, 15) is 0 Å². The van der Waals surface area contributed by atoms with Crippen LogP contribution in [0.5, 0.6) is 5.75 Å². The fourth-order valence-electron chi connectivity index (χ4n) is 2.43. The van der Waals surface area contributed by atoms with E-state index in [2.05, 4.69) is 38.5 Å². The molecule has 0 aliphatic heterocycles. The maximum absolute atomic E-state index is 6.09. The van der Waals surface area contributed by atoms with Gasteiger partial charge in [-0.05, 0) is 42.8 Å². The Morgan fingerprint density at radius 1 is 1.29 bits per heavy atom. The van der Waals surface area contributed by atoms with Gasteiger partial charge in [0, 0.05) is 10.2 Å². The summed E-state index contributed by atoms with van der Waals surface area (Å²) in [6, 6.07) is 12.1. The van der Waals surface area contributed by atoms with E-state index >= 15 is 0 Å². The number of hydrogen-bond acceptors (Lipinski definition) is 2. The van der Waals surface area contributed by atoms with Crippen molar-refractivity contribution >= 4 is 38.6 Å². The lowest BCUT2D eigenvalue weighted by atomic mass is 10.2. The molecule has 0 unspecified atom stereocenters. The first kappa shape index (κ1) is 14.4. The first-order valence-corrected chi connectivity index (χ1v) is 7.85. The molecule has 1 heterocycles. The highest BCUT2D eigenvalue weighted by atomic mass is 79.9. The van der Waals surface area contributed by atoms with Gasteiger partial charge in [-0.3, -0.25) is 4.57 Å². The lowest BCUT2D eigenvalue weighted by Crippen LogP contribution is -1.99. The minimum Gasteiger partial charge on any atom is -0.494 e. The smallest absolute Gasteiger partial charge is 0.146 e. The summed E-state index contributed by atoms with van der Waals surface area (Å²) >= 11 is 9.62. The Balaban J connectivity index is 2.32. The lowest BCUT2D eigenvalue weighted by molar-refractivity contribution is 0.419. The Hall–Kier alpha value is -1.52. The number of imidazole rings is 1. The third kappa shape index (κ3) is 2.43. The topological polar surface area (TPSA) is 27.1 Å². The maximum Gasteiger partial charge on any atom is 0.146 e. The molecule has 21 heavy (non-hydrogen) atoms. The van der Waals surface area contributed by atoms with Gasteiger partial charge in [0.25, 0.3) is 0 Å². The van der Waals surface area contributed by atoms with Crippen LogP contribution in [0.4, 0.5) is 0 Å². The summed E-state index contributed by atoms with van der Waals surface area (Å²) in [5.41, 5.74) is 4.03. The molecule has 0 aliphatic rings. The molecule has 0 spiro atoms. The first-order chi connectivity index (χ1) is 10.2. The average molecular weight is 366 g/mol. The number of halogens is 2. The Morgan fingerprint density at radius 3 is 2.76 bits per heavy atom. The SMILES string of the molecule is COc1cccc2c1nc(CCl)n2-c1ccc(Br)c(C)c1. The number of hydrogen-bond donors (Lipinski definition) is 0. The number of alkyl halides is 1. The zero-order valence-corrected chi connectivity index (χ0v) is 14.1. The zero-order chi connectivity index (χ0) is 15.0. The highest BCUT2D eigenvalue weighted by molar-refractivity contribution is 9.10. The van der Waals surface area contributed by atoms with Crippen LogP contribution in [0.3, 0.4) is 0 Å². The van der Waals surface area contributed by atoms with Gasteiger partial charge in [-0.1, -0.05) is 22.0 Å². The zero-order valence-electron chi connectivity index (χ0n) is 11.7. The molecule has 0 fully saturated rings. The Bertz CT molecular complexity index is 813.